The topological polar surface area (TPSA) is 90.3 Å². The van der Waals surface area contributed by atoms with Crippen LogP contribution in [0.1, 0.15) is 23.5 Å². The van der Waals surface area contributed by atoms with E-state index in [1.165, 1.54) is 11.6 Å². The summed E-state index contributed by atoms with van der Waals surface area (Å²) < 4.78 is 2.34. The molecule has 0 unspecified atom stereocenters. The number of thiophene rings is 1. The number of carbonyl (C=O) groups excluding carboxylic acids is 1. The van der Waals surface area contributed by atoms with Crippen LogP contribution in [-0.2, 0) is 14.1 Å². The molecule has 0 saturated heterocycles. The summed E-state index contributed by atoms with van der Waals surface area (Å²) in [4.78, 5) is 39.0. The summed E-state index contributed by atoms with van der Waals surface area (Å²) in [5.74, 6) is -0.215. The van der Waals surface area contributed by atoms with E-state index >= 15 is 0 Å². The number of carbonyl (C=O) groups is 1. The second-order valence-electron chi connectivity index (χ2n) is 4.71. The average Bonchev–Trinajstić information content (AvgIpc) is 2.81. The molecule has 0 fully saturated rings. The quantitative estimate of drug-likeness (QED) is 0.886. The molecule has 0 aliphatic rings. The van der Waals surface area contributed by atoms with Gasteiger partial charge in [-0.05, 0) is 13.8 Å². The van der Waals surface area contributed by atoms with Crippen LogP contribution < -0.4 is 17.0 Å². The summed E-state index contributed by atoms with van der Waals surface area (Å²) in [6.45, 7) is 4.86. The predicted octanol–water partition coefficient (Wildman–Crippen LogP) is 0.363. The van der Waals surface area contributed by atoms with E-state index in [4.69, 9.17) is 5.73 Å². The van der Waals surface area contributed by atoms with Gasteiger partial charge in [-0.2, -0.15) is 0 Å². The van der Waals surface area contributed by atoms with E-state index in [0.717, 1.165) is 15.9 Å². The number of anilines is 1. The van der Waals surface area contributed by atoms with Crippen LogP contribution >= 0.6 is 11.3 Å². The molecule has 0 aliphatic carbocycles. The number of aromatic nitrogens is 2. The van der Waals surface area contributed by atoms with Crippen molar-refractivity contribution in [1.29, 1.82) is 0 Å². The molecule has 0 spiro atoms. The summed E-state index contributed by atoms with van der Waals surface area (Å²) in [5, 5.41) is 0.236. The van der Waals surface area contributed by atoms with Crippen molar-refractivity contribution in [2.45, 2.75) is 13.8 Å². The number of amides is 1. The molecule has 7 nitrogen and oxygen atoms in total. The molecule has 0 radical (unpaired) electrons. The van der Waals surface area contributed by atoms with Crippen LogP contribution in [-0.4, -0.2) is 33.0 Å². The predicted molar refractivity (Wildman–Crippen MR) is 84.0 cm³/mol. The summed E-state index contributed by atoms with van der Waals surface area (Å²) in [7, 11) is 2.96. The van der Waals surface area contributed by atoms with E-state index < -0.39 is 11.2 Å². The highest BCUT2D eigenvalue weighted by molar-refractivity contribution is 7.21. The van der Waals surface area contributed by atoms with Crippen molar-refractivity contribution in [3.05, 3.63) is 25.7 Å². The van der Waals surface area contributed by atoms with Gasteiger partial charge in [0.15, 0.2) is 0 Å². The van der Waals surface area contributed by atoms with Gasteiger partial charge in [0.25, 0.3) is 11.5 Å². The van der Waals surface area contributed by atoms with Crippen molar-refractivity contribution < 1.29 is 4.79 Å². The molecule has 0 bridgehead atoms. The Morgan fingerprint density at radius 1 is 1.19 bits per heavy atom. The molecule has 0 atom stereocenters. The van der Waals surface area contributed by atoms with E-state index in [0.29, 0.717) is 22.8 Å². The largest absolute Gasteiger partial charge is 0.397 e. The van der Waals surface area contributed by atoms with Gasteiger partial charge < -0.3 is 10.6 Å². The van der Waals surface area contributed by atoms with E-state index in [9.17, 15) is 14.4 Å². The van der Waals surface area contributed by atoms with Gasteiger partial charge in [-0.1, -0.05) is 0 Å². The van der Waals surface area contributed by atoms with Crippen LogP contribution in [0.15, 0.2) is 9.59 Å². The Kier molecular flexibility index (Phi) is 3.91. The molecule has 21 heavy (non-hydrogen) atoms. The molecule has 2 N–H and O–H groups in total. The van der Waals surface area contributed by atoms with Gasteiger partial charge in [-0.3, -0.25) is 18.7 Å². The maximum atomic E-state index is 12.4. The number of aryl methyl sites for hydroxylation is 1. The molecule has 2 rings (SSSR count). The Labute approximate surface area is 125 Å². The molecular formula is C13H18N4O3S. The summed E-state index contributed by atoms with van der Waals surface area (Å²) in [5.41, 5.74) is 5.26. The minimum atomic E-state index is -0.472. The number of hydrogen-bond donors (Lipinski definition) is 1. The van der Waals surface area contributed by atoms with Crippen LogP contribution in [0, 0.1) is 0 Å². The molecule has 0 aromatic carbocycles. The van der Waals surface area contributed by atoms with Crippen molar-refractivity contribution >= 4 is 33.1 Å². The van der Waals surface area contributed by atoms with Crippen LogP contribution in [0.2, 0.25) is 0 Å². The first-order chi connectivity index (χ1) is 9.84. The Morgan fingerprint density at radius 2 is 1.76 bits per heavy atom. The highest BCUT2D eigenvalue weighted by atomic mass is 32.1. The van der Waals surface area contributed by atoms with Gasteiger partial charge in [0.2, 0.25) is 0 Å². The Bertz CT molecular complexity index is 827. The number of fused-ring (bicyclic) bond motifs is 1. The van der Waals surface area contributed by atoms with E-state index in [1.54, 1.807) is 11.9 Å². The maximum absolute atomic E-state index is 12.4. The molecular weight excluding hydrogens is 292 g/mol. The fourth-order valence-electron chi connectivity index (χ4n) is 2.25. The van der Waals surface area contributed by atoms with Crippen molar-refractivity contribution in [2.24, 2.45) is 14.1 Å². The third-order valence-electron chi connectivity index (χ3n) is 3.57. The minimum Gasteiger partial charge on any atom is -0.397 e. The zero-order chi connectivity index (χ0) is 15.9. The molecule has 114 valence electrons. The van der Waals surface area contributed by atoms with Crippen LogP contribution in [0.3, 0.4) is 0 Å². The van der Waals surface area contributed by atoms with Crippen molar-refractivity contribution in [2.75, 3.05) is 18.8 Å². The van der Waals surface area contributed by atoms with Crippen LogP contribution in [0.4, 0.5) is 5.69 Å². The van der Waals surface area contributed by atoms with Gasteiger partial charge in [0, 0.05) is 27.2 Å². The average molecular weight is 310 g/mol. The highest BCUT2D eigenvalue weighted by Crippen LogP contribution is 2.31. The lowest BCUT2D eigenvalue weighted by Gasteiger charge is -2.17. The lowest BCUT2D eigenvalue weighted by Crippen LogP contribution is -2.36. The first-order valence-corrected chi connectivity index (χ1v) is 7.43. The number of hydrogen-bond acceptors (Lipinski definition) is 5. The Hall–Kier alpha value is -2.09. The van der Waals surface area contributed by atoms with Crippen LogP contribution in [0.25, 0.3) is 10.2 Å². The lowest BCUT2D eigenvalue weighted by molar-refractivity contribution is 0.0779. The fraction of sp³-hybridized carbons (Fsp3) is 0.462. The molecule has 0 saturated carbocycles. The molecule has 0 aliphatic heterocycles. The fourth-order valence-corrected chi connectivity index (χ4v) is 3.39. The number of nitrogens with zero attached hydrogens (tertiary/aromatic N) is 3. The van der Waals surface area contributed by atoms with Crippen molar-refractivity contribution in [3.63, 3.8) is 0 Å². The maximum Gasteiger partial charge on any atom is 0.331 e. The molecule has 2 aromatic heterocycles. The Balaban J connectivity index is 2.82. The van der Waals surface area contributed by atoms with Gasteiger partial charge in [0.1, 0.15) is 9.71 Å². The Morgan fingerprint density at radius 3 is 2.29 bits per heavy atom. The second-order valence-corrected chi connectivity index (χ2v) is 5.71. The minimum absolute atomic E-state index is 0.156. The van der Waals surface area contributed by atoms with Crippen LogP contribution in [0.5, 0.6) is 0 Å². The highest BCUT2D eigenvalue weighted by Gasteiger charge is 2.24. The summed E-state index contributed by atoms with van der Waals surface area (Å²) in [6.07, 6.45) is 0. The van der Waals surface area contributed by atoms with E-state index in [2.05, 4.69) is 0 Å². The zero-order valence-corrected chi connectivity index (χ0v) is 13.3. The van der Waals surface area contributed by atoms with Gasteiger partial charge in [0.05, 0.1) is 11.1 Å². The lowest BCUT2D eigenvalue weighted by atomic mass is 10.2. The number of nitrogen functional groups attached to an aromatic ring is 1. The third-order valence-corrected chi connectivity index (χ3v) is 4.84. The van der Waals surface area contributed by atoms with Crippen molar-refractivity contribution in [1.82, 2.24) is 14.0 Å². The number of nitrogens with two attached hydrogens (primary N) is 1. The first-order valence-electron chi connectivity index (χ1n) is 6.62. The van der Waals surface area contributed by atoms with Crippen molar-refractivity contribution in [3.8, 4) is 0 Å². The standard InChI is InChI=1S/C13H18N4O3S/c1-5-17(6-2)11(19)9-8(14)7-10(18)15(3)13(20)16(4)12(7)21-9/h5-6,14H2,1-4H3. The van der Waals surface area contributed by atoms with Gasteiger partial charge in [-0.15, -0.1) is 11.3 Å². The van der Waals surface area contributed by atoms with Gasteiger partial charge >= 0.3 is 5.69 Å². The van der Waals surface area contributed by atoms with E-state index in [1.807, 2.05) is 13.8 Å². The molecule has 1 amide bonds. The molecule has 8 heteroatoms. The molecule has 2 aromatic rings. The first kappa shape index (κ1) is 15.3. The third kappa shape index (κ3) is 2.15. The monoisotopic (exact) mass is 310 g/mol. The normalized spacial score (nSPS) is 11.0. The molecule has 2 heterocycles. The summed E-state index contributed by atoms with van der Waals surface area (Å²) >= 11 is 1.09. The number of rotatable bonds is 3. The van der Waals surface area contributed by atoms with Gasteiger partial charge in [-0.25, -0.2) is 4.79 Å². The zero-order valence-electron chi connectivity index (χ0n) is 12.5. The summed E-state index contributed by atoms with van der Waals surface area (Å²) in [6, 6.07) is 0. The smallest absolute Gasteiger partial charge is 0.331 e. The van der Waals surface area contributed by atoms with E-state index in [-0.39, 0.29) is 17.0 Å². The second kappa shape index (κ2) is 5.36. The SMILES string of the molecule is CCN(CC)C(=O)c1sc2c(c1N)c(=O)n(C)c(=O)n2C.